The van der Waals surface area contributed by atoms with E-state index in [2.05, 4.69) is 6.58 Å². The van der Waals surface area contributed by atoms with Gasteiger partial charge in [-0.25, -0.2) is 4.79 Å². The average molecular weight is 497 g/mol. The number of carbonyl (C=O) groups excluding carboxylic acids is 1. The maximum Gasteiger partial charge on any atom is 0.330 e. The van der Waals surface area contributed by atoms with Gasteiger partial charge in [0.2, 0.25) is 0 Å². The number of aliphatic carboxylic acids is 1. The number of hydrogen-bond donors (Lipinski definition) is 1. The summed E-state index contributed by atoms with van der Waals surface area (Å²) >= 11 is 0. The largest absolute Gasteiger partial charge is 0.481 e. The molecule has 12 nitrogen and oxygen atoms in total. The second kappa shape index (κ2) is 27.6. The van der Waals surface area contributed by atoms with Crippen molar-refractivity contribution in [3.05, 3.63) is 12.7 Å². The van der Waals surface area contributed by atoms with Crippen molar-refractivity contribution >= 4 is 11.9 Å². The van der Waals surface area contributed by atoms with E-state index in [9.17, 15) is 9.59 Å². The van der Waals surface area contributed by atoms with Crippen LogP contribution in [0, 0.1) is 0 Å². The van der Waals surface area contributed by atoms with E-state index in [0.717, 1.165) is 6.08 Å². The van der Waals surface area contributed by atoms with Crippen molar-refractivity contribution in [1.29, 1.82) is 0 Å². The van der Waals surface area contributed by atoms with Crippen LogP contribution in [-0.4, -0.2) is 129 Å². The first kappa shape index (κ1) is 32.4. The Morgan fingerprint density at radius 2 is 0.765 bits per heavy atom. The van der Waals surface area contributed by atoms with Crippen molar-refractivity contribution in [1.82, 2.24) is 0 Å². The minimum Gasteiger partial charge on any atom is -0.481 e. The van der Waals surface area contributed by atoms with Crippen LogP contribution in [0.2, 0.25) is 0 Å². The van der Waals surface area contributed by atoms with Crippen LogP contribution in [0.3, 0.4) is 0 Å². The van der Waals surface area contributed by atoms with Gasteiger partial charge in [0.05, 0.1) is 112 Å². The highest BCUT2D eigenvalue weighted by Gasteiger charge is 1.98. The van der Waals surface area contributed by atoms with Gasteiger partial charge in [-0.3, -0.25) is 4.79 Å². The zero-order valence-corrected chi connectivity index (χ0v) is 20.0. The summed E-state index contributed by atoms with van der Waals surface area (Å²) in [6.07, 6.45) is 1.10. The summed E-state index contributed by atoms with van der Waals surface area (Å²) in [7, 11) is 0. The molecule has 0 saturated heterocycles. The molecule has 0 aromatic heterocycles. The van der Waals surface area contributed by atoms with Gasteiger partial charge in [-0.05, 0) is 0 Å². The third kappa shape index (κ3) is 28.4. The topological polar surface area (TPSA) is 137 Å². The van der Waals surface area contributed by atoms with E-state index in [1.807, 2.05) is 0 Å². The summed E-state index contributed by atoms with van der Waals surface area (Å²) in [5.74, 6) is -1.34. The Morgan fingerprint density at radius 1 is 0.500 bits per heavy atom. The molecule has 0 atom stereocenters. The lowest BCUT2D eigenvalue weighted by Gasteiger charge is -2.08. The summed E-state index contributed by atoms with van der Waals surface area (Å²) in [5.41, 5.74) is 0. The molecule has 0 rings (SSSR count). The van der Waals surface area contributed by atoms with Crippen LogP contribution in [0.1, 0.15) is 6.42 Å². The van der Waals surface area contributed by atoms with Crippen molar-refractivity contribution < 1.29 is 57.3 Å². The van der Waals surface area contributed by atoms with Crippen LogP contribution in [0.4, 0.5) is 0 Å². The Kier molecular flexibility index (Phi) is 26.3. The number of carbonyl (C=O) groups is 2. The molecule has 0 aromatic rings. The molecule has 0 fully saturated rings. The Hall–Kier alpha value is -1.64. The van der Waals surface area contributed by atoms with E-state index in [1.54, 1.807) is 0 Å². The lowest BCUT2D eigenvalue weighted by Crippen LogP contribution is -2.15. The maximum absolute atomic E-state index is 10.8. The smallest absolute Gasteiger partial charge is 0.330 e. The number of carboxylic acids is 1. The van der Waals surface area contributed by atoms with Gasteiger partial charge >= 0.3 is 11.9 Å². The van der Waals surface area contributed by atoms with Crippen LogP contribution in [0.5, 0.6) is 0 Å². The highest BCUT2D eigenvalue weighted by molar-refractivity contribution is 5.81. The zero-order chi connectivity index (χ0) is 25.0. The van der Waals surface area contributed by atoms with Crippen LogP contribution in [0.15, 0.2) is 12.7 Å². The number of esters is 1. The second-order valence-corrected chi connectivity index (χ2v) is 6.41. The summed E-state index contributed by atoms with van der Waals surface area (Å²) in [4.78, 5) is 21.1. The molecule has 0 aromatic carbocycles. The van der Waals surface area contributed by atoms with Crippen molar-refractivity contribution in [2.45, 2.75) is 6.42 Å². The molecular formula is C22H40O12. The summed E-state index contributed by atoms with van der Waals surface area (Å²) in [5, 5.41) is 8.45. The Bertz CT molecular complexity index is 475. The monoisotopic (exact) mass is 496 g/mol. The fourth-order valence-electron chi connectivity index (χ4n) is 2.06. The number of rotatable bonds is 28. The number of ether oxygens (including phenoxy) is 9. The van der Waals surface area contributed by atoms with Crippen LogP contribution >= 0.6 is 0 Å². The van der Waals surface area contributed by atoms with E-state index in [0.29, 0.717) is 99.1 Å². The molecule has 0 saturated carbocycles. The highest BCUT2D eigenvalue weighted by Crippen LogP contribution is 1.87. The van der Waals surface area contributed by atoms with Crippen LogP contribution in [0.25, 0.3) is 0 Å². The van der Waals surface area contributed by atoms with Crippen molar-refractivity contribution in [3.63, 3.8) is 0 Å². The lowest BCUT2D eigenvalue weighted by molar-refractivity contribution is -0.140. The SMILES string of the molecule is C=CC(=O)OCCOCCOCCOCCOCCOCCOCCOCCOCCC(=O)O. The first-order valence-electron chi connectivity index (χ1n) is 11.3. The van der Waals surface area contributed by atoms with E-state index in [4.69, 9.17) is 47.7 Å². The Balaban J connectivity index is 3.04. The zero-order valence-electron chi connectivity index (χ0n) is 20.0. The van der Waals surface area contributed by atoms with Gasteiger partial charge in [0.25, 0.3) is 0 Å². The third-order valence-electron chi connectivity index (χ3n) is 3.70. The van der Waals surface area contributed by atoms with Crippen LogP contribution < -0.4 is 0 Å². The quantitative estimate of drug-likeness (QED) is 0.0907. The Morgan fingerprint density at radius 3 is 1.03 bits per heavy atom. The summed E-state index contributed by atoms with van der Waals surface area (Å²) in [6.45, 7) is 10.3. The molecule has 12 heteroatoms. The minimum atomic E-state index is -0.877. The van der Waals surface area contributed by atoms with Gasteiger partial charge in [-0.15, -0.1) is 0 Å². The van der Waals surface area contributed by atoms with E-state index in [1.165, 1.54) is 0 Å². The molecule has 0 bridgehead atoms. The van der Waals surface area contributed by atoms with E-state index in [-0.39, 0.29) is 19.6 Å². The highest BCUT2D eigenvalue weighted by atomic mass is 16.6. The molecule has 0 aliphatic carbocycles. The maximum atomic E-state index is 10.8. The minimum absolute atomic E-state index is 0.00396. The third-order valence-corrected chi connectivity index (χ3v) is 3.70. The predicted molar refractivity (Wildman–Crippen MR) is 120 cm³/mol. The van der Waals surface area contributed by atoms with Crippen molar-refractivity contribution in [2.75, 3.05) is 112 Å². The fraction of sp³-hybridized carbons (Fsp3) is 0.818. The second-order valence-electron chi connectivity index (χ2n) is 6.41. The molecule has 0 spiro atoms. The molecule has 0 radical (unpaired) electrons. The van der Waals surface area contributed by atoms with Crippen molar-refractivity contribution in [2.24, 2.45) is 0 Å². The van der Waals surface area contributed by atoms with Gasteiger partial charge in [0.1, 0.15) is 6.61 Å². The molecule has 0 aliphatic rings. The first-order chi connectivity index (χ1) is 16.7. The fourth-order valence-corrected chi connectivity index (χ4v) is 2.06. The molecule has 200 valence electrons. The van der Waals surface area contributed by atoms with Gasteiger partial charge < -0.3 is 47.7 Å². The summed E-state index contributed by atoms with van der Waals surface area (Å²) in [6, 6.07) is 0. The van der Waals surface area contributed by atoms with Gasteiger partial charge in [0.15, 0.2) is 0 Å². The first-order valence-corrected chi connectivity index (χ1v) is 11.3. The molecular weight excluding hydrogens is 456 g/mol. The van der Waals surface area contributed by atoms with Gasteiger partial charge in [-0.1, -0.05) is 6.58 Å². The van der Waals surface area contributed by atoms with Crippen molar-refractivity contribution in [3.8, 4) is 0 Å². The molecule has 0 heterocycles. The normalized spacial score (nSPS) is 10.9. The van der Waals surface area contributed by atoms with E-state index >= 15 is 0 Å². The van der Waals surface area contributed by atoms with Gasteiger partial charge in [-0.2, -0.15) is 0 Å². The standard InChI is InChI=1S/C22H40O12/c1-2-22(25)34-20-19-33-18-17-32-16-15-31-14-13-30-12-11-29-10-9-28-8-7-27-6-5-26-4-3-21(23)24/h2H,1,3-20H2,(H,23,24). The molecule has 34 heavy (non-hydrogen) atoms. The van der Waals surface area contributed by atoms with Crippen LogP contribution in [-0.2, 0) is 52.2 Å². The Labute approximate surface area is 201 Å². The number of carboxylic acid groups (broad SMARTS) is 1. The molecule has 0 aliphatic heterocycles. The molecule has 0 amide bonds. The lowest BCUT2D eigenvalue weighted by atomic mass is 10.5. The molecule has 1 N–H and O–H groups in total. The van der Waals surface area contributed by atoms with Gasteiger partial charge in [0, 0.05) is 6.08 Å². The average Bonchev–Trinajstić information content (AvgIpc) is 2.83. The molecule has 0 unspecified atom stereocenters. The predicted octanol–water partition coefficient (Wildman–Crippen LogP) is 0.323. The number of hydrogen-bond acceptors (Lipinski definition) is 11. The van der Waals surface area contributed by atoms with E-state index < -0.39 is 11.9 Å². The summed E-state index contributed by atoms with van der Waals surface area (Å²) < 4.78 is 47.3.